The van der Waals surface area contributed by atoms with Gasteiger partial charge in [0.2, 0.25) is 0 Å². The first-order valence-electron chi connectivity index (χ1n) is 5.83. The highest BCUT2D eigenvalue weighted by atomic mass is 32.1. The van der Waals surface area contributed by atoms with Crippen LogP contribution in [0.4, 0.5) is 0 Å². The summed E-state index contributed by atoms with van der Waals surface area (Å²) in [5, 5.41) is 12.4. The lowest BCUT2D eigenvalue weighted by atomic mass is 9.98. The number of amides is 1. The molecule has 0 aromatic heterocycles. The highest BCUT2D eigenvalue weighted by molar-refractivity contribution is 7.80. The van der Waals surface area contributed by atoms with E-state index in [1.165, 1.54) is 19.2 Å². The van der Waals surface area contributed by atoms with Gasteiger partial charge in [0, 0.05) is 5.56 Å². The van der Waals surface area contributed by atoms with Crippen molar-refractivity contribution >= 4 is 23.1 Å². The zero-order chi connectivity index (χ0) is 14.6. The highest BCUT2D eigenvalue weighted by Crippen LogP contribution is 2.26. The predicted octanol–water partition coefficient (Wildman–Crippen LogP) is 1.59. The molecule has 1 aromatic carbocycles. The molecule has 0 heterocycles. The van der Waals surface area contributed by atoms with Crippen LogP contribution in [0.3, 0.4) is 0 Å². The summed E-state index contributed by atoms with van der Waals surface area (Å²) in [7, 11) is 1.44. The molecule has 0 aliphatic carbocycles. The number of benzene rings is 1. The molecule has 0 saturated carbocycles. The number of hydrogen-bond donors (Lipinski definition) is 3. The second kappa shape index (κ2) is 5.88. The molecule has 1 unspecified atom stereocenters. The van der Waals surface area contributed by atoms with E-state index < -0.39 is 5.54 Å². The van der Waals surface area contributed by atoms with Gasteiger partial charge in [-0.05, 0) is 31.5 Å². The standard InChI is InChI=1S/C13H18N2O3S/c1-4-13(2,12(14)19)15-11(17)8-5-6-10(18-3)9(16)7-8/h5-7,16H,4H2,1-3H3,(H2,14,19)(H,15,17). The van der Waals surface area contributed by atoms with E-state index >= 15 is 0 Å². The minimum absolute atomic E-state index is 0.0938. The molecular formula is C13H18N2O3S. The van der Waals surface area contributed by atoms with E-state index in [4.69, 9.17) is 22.7 Å². The van der Waals surface area contributed by atoms with Gasteiger partial charge in [-0.3, -0.25) is 4.79 Å². The number of aromatic hydroxyl groups is 1. The fourth-order valence-electron chi connectivity index (χ4n) is 1.48. The van der Waals surface area contributed by atoms with E-state index in [0.29, 0.717) is 17.7 Å². The van der Waals surface area contributed by atoms with Crippen LogP contribution < -0.4 is 15.8 Å². The maximum Gasteiger partial charge on any atom is 0.252 e. The number of phenolic OH excluding ortho intramolecular Hbond substituents is 1. The quantitative estimate of drug-likeness (QED) is 0.714. The normalized spacial score (nSPS) is 13.4. The lowest BCUT2D eigenvalue weighted by Gasteiger charge is -2.28. The number of nitrogens with two attached hydrogens (primary N) is 1. The van der Waals surface area contributed by atoms with Crippen LogP contribution in [-0.2, 0) is 0 Å². The van der Waals surface area contributed by atoms with Crippen molar-refractivity contribution in [3.63, 3.8) is 0 Å². The van der Waals surface area contributed by atoms with Gasteiger partial charge in [0.25, 0.3) is 5.91 Å². The van der Waals surface area contributed by atoms with Crippen molar-refractivity contribution in [3.8, 4) is 11.5 Å². The largest absolute Gasteiger partial charge is 0.504 e. The van der Waals surface area contributed by atoms with Gasteiger partial charge in [0.05, 0.1) is 17.6 Å². The van der Waals surface area contributed by atoms with Crippen LogP contribution in [-0.4, -0.2) is 28.7 Å². The Kier molecular flexibility index (Phi) is 4.72. The maximum absolute atomic E-state index is 12.1. The first-order valence-corrected chi connectivity index (χ1v) is 6.24. The number of carbonyl (C=O) groups is 1. The predicted molar refractivity (Wildman–Crippen MR) is 77.6 cm³/mol. The third-order valence-electron chi connectivity index (χ3n) is 3.08. The fraction of sp³-hybridized carbons (Fsp3) is 0.385. The Bertz CT molecular complexity index is 505. The van der Waals surface area contributed by atoms with Gasteiger partial charge < -0.3 is 20.9 Å². The molecule has 1 atom stereocenters. The van der Waals surface area contributed by atoms with E-state index in [-0.39, 0.29) is 16.6 Å². The Labute approximate surface area is 117 Å². The number of nitrogens with one attached hydrogen (secondary N) is 1. The number of ether oxygens (including phenoxy) is 1. The molecule has 5 nitrogen and oxygen atoms in total. The summed E-state index contributed by atoms with van der Waals surface area (Å²) in [6.45, 7) is 3.64. The summed E-state index contributed by atoms with van der Waals surface area (Å²) in [4.78, 5) is 12.3. The monoisotopic (exact) mass is 282 g/mol. The molecule has 0 aliphatic rings. The van der Waals surface area contributed by atoms with Crippen LogP contribution in [0.1, 0.15) is 30.6 Å². The van der Waals surface area contributed by atoms with Gasteiger partial charge >= 0.3 is 0 Å². The molecule has 1 amide bonds. The zero-order valence-corrected chi connectivity index (χ0v) is 12.0. The third kappa shape index (κ3) is 3.35. The molecule has 0 spiro atoms. The average molecular weight is 282 g/mol. The number of methoxy groups -OCH3 is 1. The summed E-state index contributed by atoms with van der Waals surface area (Å²) >= 11 is 4.96. The van der Waals surface area contributed by atoms with E-state index in [1.807, 2.05) is 6.92 Å². The Morgan fingerprint density at radius 1 is 1.58 bits per heavy atom. The molecular weight excluding hydrogens is 264 g/mol. The SMILES string of the molecule is CCC(C)(NC(=O)c1ccc(OC)c(O)c1)C(N)=S. The van der Waals surface area contributed by atoms with Gasteiger partial charge in [0.1, 0.15) is 0 Å². The second-order valence-corrected chi connectivity index (χ2v) is 4.83. The van der Waals surface area contributed by atoms with Gasteiger partial charge in [-0.1, -0.05) is 19.1 Å². The third-order valence-corrected chi connectivity index (χ3v) is 3.53. The first kappa shape index (κ1) is 15.2. The maximum atomic E-state index is 12.1. The van der Waals surface area contributed by atoms with Crippen molar-refractivity contribution in [3.05, 3.63) is 23.8 Å². The second-order valence-electron chi connectivity index (χ2n) is 4.39. The summed E-state index contributed by atoms with van der Waals surface area (Å²) in [5.41, 5.74) is 5.20. The van der Waals surface area contributed by atoms with Crippen LogP contribution in [0.2, 0.25) is 0 Å². The molecule has 0 bridgehead atoms. The van der Waals surface area contributed by atoms with Crippen molar-refractivity contribution < 1.29 is 14.6 Å². The van der Waals surface area contributed by atoms with E-state index in [0.717, 1.165) is 0 Å². The molecule has 104 valence electrons. The number of phenols is 1. The minimum atomic E-state index is -0.748. The first-order chi connectivity index (χ1) is 8.84. The average Bonchev–Trinajstić information content (AvgIpc) is 2.38. The fourth-order valence-corrected chi connectivity index (χ4v) is 1.67. The Hall–Kier alpha value is -1.82. The molecule has 1 rings (SSSR count). The molecule has 0 saturated heterocycles. The van der Waals surface area contributed by atoms with E-state index in [2.05, 4.69) is 5.32 Å². The van der Waals surface area contributed by atoms with Crippen molar-refractivity contribution in [2.75, 3.05) is 7.11 Å². The molecule has 4 N–H and O–H groups in total. The number of hydrogen-bond acceptors (Lipinski definition) is 4. The van der Waals surface area contributed by atoms with Crippen LogP contribution >= 0.6 is 12.2 Å². The van der Waals surface area contributed by atoms with Crippen LogP contribution in [0.5, 0.6) is 11.5 Å². The van der Waals surface area contributed by atoms with E-state index in [9.17, 15) is 9.90 Å². The summed E-state index contributed by atoms with van der Waals surface area (Å²) in [6.07, 6.45) is 0.580. The number of carbonyl (C=O) groups excluding carboxylic acids is 1. The van der Waals surface area contributed by atoms with Gasteiger partial charge in [-0.15, -0.1) is 0 Å². The Balaban J connectivity index is 2.95. The lowest BCUT2D eigenvalue weighted by molar-refractivity contribution is 0.0926. The molecule has 19 heavy (non-hydrogen) atoms. The topological polar surface area (TPSA) is 84.6 Å². The van der Waals surface area contributed by atoms with Gasteiger partial charge in [-0.2, -0.15) is 0 Å². The van der Waals surface area contributed by atoms with Crippen molar-refractivity contribution in [1.29, 1.82) is 0 Å². The number of thiocarbonyl (C=S) groups is 1. The van der Waals surface area contributed by atoms with Crippen LogP contribution in [0, 0.1) is 0 Å². The summed E-state index contributed by atoms with van der Waals surface area (Å²) in [6, 6.07) is 4.42. The molecule has 0 radical (unpaired) electrons. The Morgan fingerprint density at radius 3 is 2.63 bits per heavy atom. The highest BCUT2D eigenvalue weighted by Gasteiger charge is 2.28. The summed E-state index contributed by atoms with van der Waals surface area (Å²) in [5.74, 6) is -0.136. The van der Waals surface area contributed by atoms with Crippen molar-refractivity contribution in [1.82, 2.24) is 5.32 Å². The van der Waals surface area contributed by atoms with Crippen molar-refractivity contribution in [2.45, 2.75) is 25.8 Å². The smallest absolute Gasteiger partial charge is 0.252 e. The van der Waals surface area contributed by atoms with Gasteiger partial charge in [0.15, 0.2) is 11.5 Å². The Morgan fingerprint density at radius 2 is 2.21 bits per heavy atom. The molecule has 1 aromatic rings. The zero-order valence-electron chi connectivity index (χ0n) is 11.2. The van der Waals surface area contributed by atoms with E-state index in [1.54, 1.807) is 13.0 Å². The van der Waals surface area contributed by atoms with Crippen LogP contribution in [0.15, 0.2) is 18.2 Å². The molecule has 6 heteroatoms. The van der Waals surface area contributed by atoms with Gasteiger partial charge in [-0.25, -0.2) is 0 Å². The minimum Gasteiger partial charge on any atom is -0.504 e. The molecule has 0 aliphatic heterocycles. The summed E-state index contributed by atoms with van der Waals surface area (Å²) < 4.78 is 4.92. The number of rotatable bonds is 5. The van der Waals surface area contributed by atoms with Crippen LogP contribution in [0.25, 0.3) is 0 Å². The van der Waals surface area contributed by atoms with Crippen molar-refractivity contribution in [2.24, 2.45) is 5.73 Å². The lowest BCUT2D eigenvalue weighted by Crippen LogP contribution is -2.54. The molecule has 0 fully saturated rings.